The maximum absolute atomic E-state index is 10.0. The van der Waals surface area contributed by atoms with E-state index in [2.05, 4.69) is 17.4 Å². The highest BCUT2D eigenvalue weighted by Gasteiger charge is 2.12. The number of nitrogens with two attached hydrogens (primary N) is 1. The number of aliphatic hydroxyl groups excluding tert-OH is 1. The fourth-order valence-corrected chi connectivity index (χ4v) is 3.19. The lowest BCUT2D eigenvalue weighted by Crippen LogP contribution is -2.16. The molecule has 21 heavy (non-hydrogen) atoms. The Morgan fingerprint density at radius 2 is 1.86 bits per heavy atom. The van der Waals surface area contributed by atoms with Crippen molar-refractivity contribution in [3.05, 3.63) is 29.8 Å². The molecule has 1 unspecified atom stereocenters. The third-order valence-corrected chi connectivity index (χ3v) is 4.53. The third-order valence-electron chi connectivity index (χ3n) is 4.53. The Hall–Kier alpha value is -1.06. The summed E-state index contributed by atoms with van der Waals surface area (Å²) >= 11 is 0. The van der Waals surface area contributed by atoms with Gasteiger partial charge in [0.2, 0.25) is 0 Å². The normalized spacial score (nSPS) is 18.8. The second kappa shape index (κ2) is 9.06. The summed E-state index contributed by atoms with van der Waals surface area (Å²) < 4.78 is 0. The number of anilines is 1. The Morgan fingerprint density at radius 3 is 2.57 bits per heavy atom. The van der Waals surface area contributed by atoms with E-state index < -0.39 is 6.10 Å². The standard InChI is InChI=1S/C18H30N2O/c19-12-11-18(21)16-9-6-10-17(13-16)20-14-15-7-4-2-1-3-5-8-15/h6,9-10,13,15,18,20-21H,1-5,7-8,11-12,14,19H2. The topological polar surface area (TPSA) is 58.3 Å². The lowest BCUT2D eigenvalue weighted by atomic mass is 9.91. The molecule has 1 aliphatic rings. The molecule has 4 N–H and O–H groups in total. The van der Waals surface area contributed by atoms with Gasteiger partial charge in [0.1, 0.15) is 0 Å². The molecule has 1 fully saturated rings. The Balaban J connectivity index is 1.85. The van der Waals surface area contributed by atoms with E-state index in [1.54, 1.807) is 0 Å². The van der Waals surface area contributed by atoms with E-state index in [1.807, 2.05) is 12.1 Å². The first-order valence-electron chi connectivity index (χ1n) is 8.51. The minimum Gasteiger partial charge on any atom is -0.388 e. The molecule has 2 rings (SSSR count). The summed E-state index contributed by atoms with van der Waals surface area (Å²) in [7, 11) is 0. The lowest BCUT2D eigenvalue weighted by molar-refractivity contribution is 0.170. The van der Waals surface area contributed by atoms with Crippen LogP contribution in [0.5, 0.6) is 0 Å². The first-order valence-corrected chi connectivity index (χ1v) is 8.51. The molecule has 1 aromatic rings. The second-order valence-electron chi connectivity index (χ2n) is 6.31. The molecular formula is C18H30N2O. The molecule has 0 spiro atoms. The second-order valence-corrected chi connectivity index (χ2v) is 6.31. The van der Waals surface area contributed by atoms with Gasteiger partial charge in [0.05, 0.1) is 6.10 Å². The maximum Gasteiger partial charge on any atom is 0.0802 e. The molecule has 3 nitrogen and oxygen atoms in total. The molecule has 0 radical (unpaired) electrons. The van der Waals surface area contributed by atoms with Gasteiger partial charge >= 0.3 is 0 Å². The van der Waals surface area contributed by atoms with E-state index in [9.17, 15) is 5.11 Å². The van der Waals surface area contributed by atoms with E-state index in [0.717, 1.165) is 23.7 Å². The molecule has 0 amide bonds. The summed E-state index contributed by atoms with van der Waals surface area (Å²) in [6.07, 6.45) is 9.84. The summed E-state index contributed by atoms with van der Waals surface area (Å²) in [5.41, 5.74) is 7.59. The van der Waals surface area contributed by atoms with Crippen molar-refractivity contribution in [1.29, 1.82) is 0 Å². The van der Waals surface area contributed by atoms with Crippen molar-refractivity contribution in [2.24, 2.45) is 11.7 Å². The number of aliphatic hydroxyl groups is 1. The Labute approximate surface area is 128 Å². The zero-order valence-electron chi connectivity index (χ0n) is 13.1. The van der Waals surface area contributed by atoms with Crippen LogP contribution in [0.25, 0.3) is 0 Å². The molecule has 1 saturated carbocycles. The van der Waals surface area contributed by atoms with E-state index in [4.69, 9.17) is 5.73 Å². The molecule has 1 atom stereocenters. The van der Waals surface area contributed by atoms with E-state index in [-0.39, 0.29) is 0 Å². The minimum atomic E-state index is -0.446. The van der Waals surface area contributed by atoms with Gasteiger partial charge in [-0.1, -0.05) is 44.2 Å². The van der Waals surface area contributed by atoms with Gasteiger partial charge < -0.3 is 16.2 Å². The van der Waals surface area contributed by atoms with E-state index in [0.29, 0.717) is 13.0 Å². The van der Waals surface area contributed by atoms with Crippen LogP contribution < -0.4 is 11.1 Å². The highest BCUT2D eigenvalue weighted by Crippen LogP contribution is 2.24. The molecular weight excluding hydrogens is 260 g/mol. The fourth-order valence-electron chi connectivity index (χ4n) is 3.19. The predicted molar refractivity (Wildman–Crippen MR) is 89.4 cm³/mol. The predicted octanol–water partition coefficient (Wildman–Crippen LogP) is 3.84. The summed E-state index contributed by atoms with van der Waals surface area (Å²) in [4.78, 5) is 0. The fraction of sp³-hybridized carbons (Fsp3) is 0.667. The van der Waals surface area contributed by atoms with Gasteiger partial charge in [0.15, 0.2) is 0 Å². The van der Waals surface area contributed by atoms with Crippen LogP contribution >= 0.6 is 0 Å². The minimum absolute atomic E-state index is 0.446. The molecule has 118 valence electrons. The van der Waals surface area contributed by atoms with Crippen molar-refractivity contribution in [3.63, 3.8) is 0 Å². The monoisotopic (exact) mass is 290 g/mol. The summed E-state index contributed by atoms with van der Waals surface area (Å²) in [5, 5.41) is 13.6. The highest BCUT2D eigenvalue weighted by atomic mass is 16.3. The number of hydrogen-bond acceptors (Lipinski definition) is 3. The van der Waals surface area contributed by atoms with Crippen LogP contribution in [-0.2, 0) is 0 Å². The van der Waals surface area contributed by atoms with Gasteiger partial charge in [-0.25, -0.2) is 0 Å². The van der Waals surface area contributed by atoms with Gasteiger partial charge in [-0.15, -0.1) is 0 Å². The van der Waals surface area contributed by atoms with Crippen LogP contribution in [-0.4, -0.2) is 18.2 Å². The summed E-state index contributed by atoms with van der Waals surface area (Å²) in [6.45, 7) is 1.57. The van der Waals surface area contributed by atoms with E-state index >= 15 is 0 Å². The number of nitrogens with one attached hydrogen (secondary N) is 1. The van der Waals surface area contributed by atoms with Crippen molar-refractivity contribution in [3.8, 4) is 0 Å². The molecule has 0 bridgehead atoms. The lowest BCUT2D eigenvalue weighted by Gasteiger charge is -2.21. The van der Waals surface area contributed by atoms with Crippen molar-refractivity contribution in [2.75, 3.05) is 18.4 Å². The highest BCUT2D eigenvalue weighted by molar-refractivity contribution is 5.46. The van der Waals surface area contributed by atoms with Crippen molar-refractivity contribution >= 4 is 5.69 Å². The summed E-state index contributed by atoms with van der Waals surface area (Å²) in [6, 6.07) is 8.13. The van der Waals surface area contributed by atoms with Crippen LogP contribution in [0.2, 0.25) is 0 Å². The Bertz CT molecular complexity index is 400. The molecule has 0 heterocycles. The van der Waals surface area contributed by atoms with Gasteiger partial charge in [-0.05, 0) is 49.4 Å². The van der Waals surface area contributed by atoms with Crippen LogP contribution in [0.1, 0.15) is 63.0 Å². The molecule has 1 aromatic carbocycles. The summed E-state index contributed by atoms with van der Waals surface area (Å²) in [5.74, 6) is 0.794. The molecule has 0 aromatic heterocycles. The van der Waals surface area contributed by atoms with Crippen LogP contribution in [0.4, 0.5) is 5.69 Å². The molecule has 0 saturated heterocycles. The SMILES string of the molecule is NCCC(O)c1cccc(NCC2CCCCCCC2)c1. The number of benzene rings is 1. The third kappa shape index (κ3) is 5.68. The van der Waals surface area contributed by atoms with Gasteiger partial charge in [-0.3, -0.25) is 0 Å². The van der Waals surface area contributed by atoms with Crippen LogP contribution in [0.3, 0.4) is 0 Å². The maximum atomic E-state index is 10.0. The smallest absolute Gasteiger partial charge is 0.0802 e. The number of rotatable bonds is 6. The van der Waals surface area contributed by atoms with Gasteiger partial charge in [-0.2, -0.15) is 0 Å². The van der Waals surface area contributed by atoms with E-state index in [1.165, 1.54) is 44.9 Å². The zero-order valence-corrected chi connectivity index (χ0v) is 13.1. The van der Waals surface area contributed by atoms with Crippen molar-refractivity contribution < 1.29 is 5.11 Å². The average Bonchev–Trinajstić information content (AvgIpc) is 2.47. The molecule has 1 aliphatic carbocycles. The Morgan fingerprint density at radius 1 is 1.14 bits per heavy atom. The van der Waals surface area contributed by atoms with Gasteiger partial charge in [0.25, 0.3) is 0 Å². The van der Waals surface area contributed by atoms with Crippen LogP contribution in [0, 0.1) is 5.92 Å². The first-order chi connectivity index (χ1) is 10.3. The molecule has 3 heteroatoms. The zero-order chi connectivity index (χ0) is 14.9. The number of hydrogen-bond donors (Lipinski definition) is 3. The van der Waals surface area contributed by atoms with Crippen molar-refractivity contribution in [1.82, 2.24) is 0 Å². The van der Waals surface area contributed by atoms with Crippen molar-refractivity contribution in [2.45, 2.75) is 57.5 Å². The first kappa shape index (κ1) is 16.3. The average molecular weight is 290 g/mol. The van der Waals surface area contributed by atoms with Crippen LogP contribution in [0.15, 0.2) is 24.3 Å². The quantitative estimate of drug-likeness (QED) is 0.746. The molecule has 0 aliphatic heterocycles. The Kier molecular flexibility index (Phi) is 7.04. The van der Waals surface area contributed by atoms with Gasteiger partial charge in [0, 0.05) is 12.2 Å². The largest absolute Gasteiger partial charge is 0.388 e.